The molecule has 240 valence electrons. The Morgan fingerprint density at radius 3 is 1.78 bits per heavy atom. The van der Waals surface area contributed by atoms with Crippen LogP contribution in [0.25, 0.3) is 65.6 Å². The van der Waals surface area contributed by atoms with E-state index in [2.05, 4.69) is 206 Å². The molecule has 2 nitrogen and oxygen atoms in total. The average Bonchev–Trinajstić information content (AvgIpc) is 3.50. The molecule has 0 aliphatic carbocycles. The van der Waals surface area contributed by atoms with Crippen molar-refractivity contribution in [3.05, 3.63) is 176 Å². The normalized spacial score (nSPS) is 11.9. The molecule has 1 heterocycles. The summed E-state index contributed by atoms with van der Waals surface area (Å²) in [5.74, 6) is 0. The van der Waals surface area contributed by atoms with E-state index in [0.29, 0.717) is 0 Å². The number of para-hydroxylation sites is 1. The molecule has 2 heteroatoms. The third-order valence-electron chi connectivity index (χ3n) is 10.0. The van der Waals surface area contributed by atoms with Crippen molar-refractivity contribution < 1.29 is 0 Å². The molecule has 8 aromatic carbocycles. The van der Waals surface area contributed by atoms with Crippen LogP contribution in [0.5, 0.6) is 0 Å². The third-order valence-corrected chi connectivity index (χ3v) is 10.0. The largest absolute Gasteiger partial charge is 0.335 e. The Morgan fingerprint density at radius 1 is 0.400 bits per heavy atom. The Morgan fingerprint density at radius 2 is 1.00 bits per heavy atom. The van der Waals surface area contributed by atoms with Crippen molar-refractivity contribution in [1.29, 1.82) is 0 Å². The van der Waals surface area contributed by atoms with Crippen molar-refractivity contribution in [3.8, 4) is 22.3 Å². The molecule has 0 spiro atoms. The van der Waals surface area contributed by atoms with Crippen molar-refractivity contribution in [2.75, 3.05) is 4.90 Å². The van der Waals surface area contributed by atoms with Gasteiger partial charge in [0.1, 0.15) is 0 Å². The van der Waals surface area contributed by atoms with Gasteiger partial charge in [-0.15, -0.1) is 0 Å². The van der Waals surface area contributed by atoms with Crippen LogP contribution in [0.15, 0.2) is 176 Å². The van der Waals surface area contributed by atoms with E-state index < -0.39 is 0 Å². The lowest BCUT2D eigenvalue weighted by molar-refractivity contribution is 0.423. The molecule has 0 unspecified atom stereocenters. The second-order valence-corrected chi connectivity index (χ2v) is 14.2. The van der Waals surface area contributed by atoms with Gasteiger partial charge in [-0.25, -0.2) is 0 Å². The van der Waals surface area contributed by atoms with Crippen LogP contribution in [-0.2, 0) is 5.54 Å². The lowest BCUT2D eigenvalue weighted by atomic mass is 9.95. The molecule has 0 amide bonds. The molecule has 0 atom stereocenters. The first-order chi connectivity index (χ1) is 24.4. The van der Waals surface area contributed by atoms with Crippen molar-refractivity contribution in [2.24, 2.45) is 0 Å². The highest BCUT2D eigenvalue weighted by atomic mass is 15.1. The maximum absolute atomic E-state index is 2.49. The van der Waals surface area contributed by atoms with Crippen LogP contribution in [-0.4, -0.2) is 4.57 Å². The average molecular weight is 643 g/mol. The second-order valence-electron chi connectivity index (χ2n) is 14.2. The topological polar surface area (TPSA) is 8.17 Å². The maximum Gasteiger partial charge on any atom is 0.0546 e. The van der Waals surface area contributed by atoms with Gasteiger partial charge in [0.15, 0.2) is 0 Å². The van der Waals surface area contributed by atoms with Crippen molar-refractivity contribution >= 4 is 60.4 Å². The molecule has 0 bridgehead atoms. The fraction of sp³-hybridized carbons (Fsp3) is 0.0833. The molecule has 0 fully saturated rings. The van der Waals surface area contributed by atoms with Crippen LogP contribution >= 0.6 is 0 Å². The zero-order valence-corrected chi connectivity index (χ0v) is 28.6. The molecule has 0 saturated heterocycles. The predicted molar refractivity (Wildman–Crippen MR) is 215 cm³/mol. The lowest BCUT2D eigenvalue weighted by Crippen LogP contribution is -2.21. The zero-order chi connectivity index (χ0) is 33.8. The summed E-state index contributed by atoms with van der Waals surface area (Å²) in [5, 5.41) is 7.51. The molecular weight excluding hydrogens is 605 g/mol. The van der Waals surface area contributed by atoms with E-state index in [1.807, 2.05) is 0 Å². The molecule has 0 N–H and O–H groups in total. The number of benzene rings is 8. The fourth-order valence-corrected chi connectivity index (χ4v) is 7.77. The highest BCUT2D eigenvalue weighted by Crippen LogP contribution is 2.45. The Hall–Kier alpha value is -6.12. The van der Waals surface area contributed by atoms with Gasteiger partial charge in [0.2, 0.25) is 0 Å². The van der Waals surface area contributed by atoms with E-state index in [9.17, 15) is 0 Å². The smallest absolute Gasteiger partial charge is 0.0546 e. The lowest BCUT2D eigenvalue weighted by Gasteiger charge is -2.29. The van der Waals surface area contributed by atoms with Crippen LogP contribution in [0.3, 0.4) is 0 Å². The van der Waals surface area contributed by atoms with Crippen molar-refractivity contribution in [2.45, 2.75) is 26.3 Å². The van der Waals surface area contributed by atoms with Crippen LogP contribution < -0.4 is 4.90 Å². The number of nitrogens with zero attached hydrogens (tertiary/aromatic N) is 2. The SMILES string of the molecule is CC(C)(C)n1c2ccccc2c2ccc(-c3ccc(N(c4ccc5ccccc5c4)c4ccc5ccccc5c4-c4ccccc4)cc3)cc21. The molecule has 0 aliphatic heterocycles. The number of hydrogen-bond acceptors (Lipinski definition) is 1. The predicted octanol–water partition coefficient (Wildman–Crippen LogP) is 13.7. The number of fused-ring (bicyclic) bond motifs is 5. The van der Waals surface area contributed by atoms with Gasteiger partial charge >= 0.3 is 0 Å². The summed E-state index contributed by atoms with van der Waals surface area (Å²) in [5.41, 5.74) is 10.7. The Bertz CT molecular complexity index is 2670. The van der Waals surface area contributed by atoms with Gasteiger partial charge < -0.3 is 9.47 Å². The standard InChI is InChI=1S/C48H38N2/c1-48(2,3)50-44-20-12-11-19-42(44)43-29-24-38(32-46(43)50)34-21-26-39(27-22-34)49(40-28-23-33-13-7-8-17-37(33)31-40)45-30-25-35-14-9-10-18-41(35)47(45)36-15-5-4-6-16-36/h4-32H,1-3H3. The summed E-state index contributed by atoms with van der Waals surface area (Å²) < 4.78 is 2.49. The summed E-state index contributed by atoms with van der Waals surface area (Å²) in [6, 6.07) is 64.3. The molecule has 50 heavy (non-hydrogen) atoms. The Balaban J connectivity index is 1.23. The fourth-order valence-electron chi connectivity index (χ4n) is 7.77. The monoisotopic (exact) mass is 642 g/mol. The highest BCUT2D eigenvalue weighted by Gasteiger charge is 2.22. The Kier molecular flexibility index (Phi) is 7.07. The first-order valence-corrected chi connectivity index (χ1v) is 17.4. The molecular formula is C48H38N2. The number of aromatic nitrogens is 1. The Labute approximate surface area is 293 Å². The summed E-state index contributed by atoms with van der Waals surface area (Å²) >= 11 is 0. The maximum atomic E-state index is 2.49. The summed E-state index contributed by atoms with van der Waals surface area (Å²) in [7, 11) is 0. The van der Waals surface area contributed by atoms with E-state index in [0.717, 1.165) is 17.1 Å². The minimum absolute atomic E-state index is 0.0551. The van der Waals surface area contributed by atoms with Crippen LogP contribution in [0.2, 0.25) is 0 Å². The summed E-state index contributed by atoms with van der Waals surface area (Å²) in [6.45, 7) is 6.87. The first kappa shape index (κ1) is 30.0. The number of rotatable bonds is 5. The first-order valence-electron chi connectivity index (χ1n) is 17.4. The second kappa shape index (κ2) is 11.8. The number of anilines is 3. The highest BCUT2D eigenvalue weighted by molar-refractivity contribution is 6.09. The van der Waals surface area contributed by atoms with Gasteiger partial charge in [-0.2, -0.15) is 0 Å². The molecule has 1 aromatic heterocycles. The van der Waals surface area contributed by atoms with E-state index in [1.165, 1.54) is 65.6 Å². The summed E-state index contributed by atoms with van der Waals surface area (Å²) in [4.78, 5) is 2.42. The molecule has 0 aliphatic rings. The van der Waals surface area contributed by atoms with Gasteiger partial charge in [-0.05, 0) is 101 Å². The third kappa shape index (κ3) is 5.04. The zero-order valence-electron chi connectivity index (χ0n) is 28.6. The van der Waals surface area contributed by atoms with E-state index >= 15 is 0 Å². The minimum atomic E-state index is -0.0551. The molecule has 0 saturated carbocycles. The summed E-state index contributed by atoms with van der Waals surface area (Å²) in [6.07, 6.45) is 0. The molecule has 9 aromatic rings. The van der Waals surface area contributed by atoms with Crippen LogP contribution in [0, 0.1) is 0 Å². The van der Waals surface area contributed by atoms with Gasteiger partial charge in [0.25, 0.3) is 0 Å². The van der Waals surface area contributed by atoms with Crippen LogP contribution in [0.1, 0.15) is 20.8 Å². The molecule has 9 rings (SSSR count). The van der Waals surface area contributed by atoms with Gasteiger partial charge in [-0.3, -0.25) is 0 Å². The van der Waals surface area contributed by atoms with Crippen LogP contribution in [0.4, 0.5) is 17.1 Å². The van der Waals surface area contributed by atoms with Crippen molar-refractivity contribution in [1.82, 2.24) is 4.57 Å². The number of hydrogen-bond donors (Lipinski definition) is 0. The minimum Gasteiger partial charge on any atom is -0.335 e. The van der Waals surface area contributed by atoms with E-state index in [-0.39, 0.29) is 5.54 Å². The van der Waals surface area contributed by atoms with E-state index in [4.69, 9.17) is 0 Å². The van der Waals surface area contributed by atoms with E-state index in [1.54, 1.807) is 0 Å². The van der Waals surface area contributed by atoms with Gasteiger partial charge in [0, 0.05) is 38.8 Å². The van der Waals surface area contributed by atoms with Crippen molar-refractivity contribution in [3.63, 3.8) is 0 Å². The van der Waals surface area contributed by atoms with Gasteiger partial charge in [0.05, 0.1) is 11.2 Å². The quantitative estimate of drug-likeness (QED) is 0.181. The molecule has 0 radical (unpaired) electrons. The van der Waals surface area contributed by atoms with Gasteiger partial charge in [-0.1, -0.05) is 133 Å².